The molecule has 0 saturated heterocycles. The highest BCUT2D eigenvalue weighted by molar-refractivity contribution is 5.86. The lowest BCUT2D eigenvalue weighted by atomic mass is 10.2. The molecular weight excluding hydrogens is 245 g/mol. The van der Waals surface area contributed by atoms with Crippen LogP contribution in [0.3, 0.4) is 0 Å². The molecule has 0 aliphatic heterocycles. The number of hydrogen-bond donors (Lipinski definition) is 4. The van der Waals surface area contributed by atoms with Gasteiger partial charge in [-0.25, -0.2) is 4.79 Å². The standard InChI is InChI=1S/C7H11F3N4O3/c8-7(9,10)5(17)14-3(4(15)16)1-2-13-6(11)12/h3H,1-2H2,(H,14,17)(H,15,16)(H4,11,12,13). The molecule has 7 nitrogen and oxygen atoms in total. The summed E-state index contributed by atoms with van der Waals surface area (Å²) in [7, 11) is 0. The van der Waals surface area contributed by atoms with Gasteiger partial charge in [0.15, 0.2) is 5.96 Å². The number of nitrogens with one attached hydrogen (secondary N) is 1. The Kier molecular flexibility index (Phi) is 5.22. The fourth-order valence-corrected chi connectivity index (χ4v) is 0.820. The average Bonchev–Trinajstić information content (AvgIpc) is 2.13. The Bertz CT molecular complexity index is 325. The van der Waals surface area contributed by atoms with Crippen molar-refractivity contribution in [1.29, 1.82) is 0 Å². The number of carbonyl (C=O) groups excluding carboxylic acids is 1. The molecule has 0 aromatic carbocycles. The molecule has 6 N–H and O–H groups in total. The molecule has 98 valence electrons. The molecule has 0 aliphatic rings. The van der Waals surface area contributed by atoms with E-state index in [0.29, 0.717) is 0 Å². The van der Waals surface area contributed by atoms with Crippen molar-refractivity contribution in [2.24, 2.45) is 16.5 Å². The second-order valence-corrected chi connectivity index (χ2v) is 2.96. The van der Waals surface area contributed by atoms with Crippen LogP contribution in [-0.2, 0) is 9.59 Å². The highest BCUT2D eigenvalue weighted by Crippen LogP contribution is 2.14. The van der Waals surface area contributed by atoms with Gasteiger partial charge in [-0.3, -0.25) is 9.79 Å². The van der Waals surface area contributed by atoms with Gasteiger partial charge < -0.3 is 21.9 Å². The van der Waals surface area contributed by atoms with Gasteiger partial charge in [-0.2, -0.15) is 13.2 Å². The number of rotatable bonds is 5. The lowest BCUT2D eigenvalue weighted by Gasteiger charge is -2.14. The molecule has 0 spiro atoms. The van der Waals surface area contributed by atoms with E-state index < -0.39 is 24.1 Å². The van der Waals surface area contributed by atoms with Crippen molar-refractivity contribution in [2.45, 2.75) is 18.6 Å². The highest BCUT2D eigenvalue weighted by Gasteiger charge is 2.40. The van der Waals surface area contributed by atoms with Crippen LogP contribution in [0.2, 0.25) is 0 Å². The highest BCUT2D eigenvalue weighted by atomic mass is 19.4. The first-order valence-corrected chi connectivity index (χ1v) is 4.30. The van der Waals surface area contributed by atoms with E-state index in [1.54, 1.807) is 0 Å². The monoisotopic (exact) mass is 256 g/mol. The first-order valence-electron chi connectivity index (χ1n) is 4.30. The van der Waals surface area contributed by atoms with Gasteiger partial charge >= 0.3 is 18.1 Å². The van der Waals surface area contributed by atoms with Crippen LogP contribution in [0.4, 0.5) is 13.2 Å². The smallest absolute Gasteiger partial charge is 0.471 e. The number of nitrogens with two attached hydrogens (primary N) is 2. The quantitative estimate of drug-likeness (QED) is 0.362. The maximum absolute atomic E-state index is 11.9. The van der Waals surface area contributed by atoms with Crippen molar-refractivity contribution in [1.82, 2.24) is 5.32 Å². The number of aliphatic carboxylic acids is 1. The molecule has 0 bridgehead atoms. The molecule has 0 heterocycles. The largest absolute Gasteiger partial charge is 0.480 e. The van der Waals surface area contributed by atoms with Gasteiger partial charge in [0, 0.05) is 6.54 Å². The lowest BCUT2D eigenvalue weighted by molar-refractivity contribution is -0.175. The molecule has 0 fully saturated rings. The second-order valence-electron chi connectivity index (χ2n) is 2.96. The zero-order chi connectivity index (χ0) is 13.6. The van der Waals surface area contributed by atoms with Crippen molar-refractivity contribution in [3.63, 3.8) is 0 Å². The third kappa shape index (κ3) is 6.22. The van der Waals surface area contributed by atoms with Gasteiger partial charge in [0.05, 0.1) is 0 Å². The van der Waals surface area contributed by atoms with E-state index in [9.17, 15) is 22.8 Å². The summed E-state index contributed by atoms with van der Waals surface area (Å²) in [6.07, 6.45) is -5.49. The number of nitrogens with zero attached hydrogens (tertiary/aromatic N) is 1. The minimum absolute atomic E-state index is 0.211. The number of hydrogen-bond acceptors (Lipinski definition) is 3. The topological polar surface area (TPSA) is 131 Å². The molecule has 1 unspecified atom stereocenters. The van der Waals surface area contributed by atoms with Gasteiger partial charge in [0.2, 0.25) is 0 Å². The number of carboxylic acids is 1. The summed E-state index contributed by atoms with van der Waals surface area (Å²) in [4.78, 5) is 24.4. The van der Waals surface area contributed by atoms with Crippen molar-refractivity contribution < 1.29 is 27.9 Å². The molecule has 0 rings (SSSR count). The van der Waals surface area contributed by atoms with Crippen LogP contribution in [0.25, 0.3) is 0 Å². The Morgan fingerprint density at radius 3 is 2.24 bits per heavy atom. The van der Waals surface area contributed by atoms with Crippen molar-refractivity contribution in [2.75, 3.05) is 6.54 Å². The Hall–Kier alpha value is -2.00. The number of halogens is 3. The van der Waals surface area contributed by atoms with E-state index in [4.69, 9.17) is 16.6 Å². The predicted octanol–water partition coefficient (Wildman–Crippen LogP) is -1.22. The molecule has 0 aromatic rings. The van der Waals surface area contributed by atoms with Crippen LogP contribution in [0, 0.1) is 0 Å². The lowest BCUT2D eigenvalue weighted by Crippen LogP contribution is -2.47. The average molecular weight is 256 g/mol. The fraction of sp³-hybridized carbons (Fsp3) is 0.571. The maximum Gasteiger partial charge on any atom is 0.471 e. The fourth-order valence-electron chi connectivity index (χ4n) is 0.820. The van der Waals surface area contributed by atoms with Crippen LogP contribution in [0.1, 0.15) is 6.42 Å². The second kappa shape index (κ2) is 5.92. The normalized spacial score (nSPS) is 12.6. The molecule has 1 atom stereocenters. The molecule has 0 radical (unpaired) electrons. The minimum atomic E-state index is -5.14. The first kappa shape index (κ1) is 15.0. The Balaban J connectivity index is 4.41. The zero-order valence-corrected chi connectivity index (χ0v) is 8.49. The van der Waals surface area contributed by atoms with Crippen LogP contribution in [0.5, 0.6) is 0 Å². The van der Waals surface area contributed by atoms with Crippen LogP contribution < -0.4 is 16.8 Å². The van der Waals surface area contributed by atoms with E-state index in [-0.39, 0.29) is 18.9 Å². The molecule has 10 heteroatoms. The number of carbonyl (C=O) groups is 2. The van der Waals surface area contributed by atoms with E-state index in [1.165, 1.54) is 5.32 Å². The molecule has 0 aliphatic carbocycles. The number of amides is 1. The summed E-state index contributed by atoms with van der Waals surface area (Å²) in [5.41, 5.74) is 9.88. The van der Waals surface area contributed by atoms with Crippen LogP contribution in [-0.4, -0.2) is 41.7 Å². The molecule has 1 amide bonds. The minimum Gasteiger partial charge on any atom is -0.480 e. The summed E-state index contributed by atoms with van der Waals surface area (Å²) in [6, 6.07) is -1.70. The van der Waals surface area contributed by atoms with Gasteiger partial charge in [-0.1, -0.05) is 0 Å². The first-order chi connectivity index (χ1) is 7.64. The Labute approximate surface area is 93.7 Å². The van der Waals surface area contributed by atoms with Crippen molar-refractivity contribution >= 4 is 17.8 Å². The summed E-state index contributed by atoms with van der Waals surface area (Å²) >= 11 is 0. The third-order valence-corrected chi connectivity index (χ3v) is 1.57. The molecule has 0 saturated carbocycles. The van der Waals surface area contributed by atoms with Gasteiger partial charge in [0.25, 0.3) is 0 Å². The van der Waals surface area contributed by atoms with Gasteiger partial charge in [0.1, 0.15) is 6.04 Å². The van der Waals surface area contributed by atoms with Crippen molar-refractivity contribution in [3.05, 3.63) is 0 Å². The van der Waals surface area contributed by atoms with E-state index >= 15 is 0 Å². The maximum atomic E-state index is 11.9. The van der Waals surface area contributed by atoms with E-state index in [1.807, 2.05) is 0 Å². The Morgan fingerprint density at radius 1 is 1.35 bits per heavy atom. The van der Waals surface area contributed by atoms with Crippen LogP contribution in [0.15, 0.2) is 4.99 Å². The Morgan fingerprint density at radius 2 is 1.88 bits per heavy atom. The van der Waals surface area contributed by atoms with Crippen molar-refractivity contribution in [3.8, 4) is 0 Å². The molecule has 0 aromatic heterocycles. The number of guanidine groups is 1. The molecule has 17 heavy (non-hydrogen) atoms. The number of aliphatic imine (C=N–C) groups is 1. The summed E-state index contributed by atoms with van der Waals surface area (Å²) in [5, 5.41) is 9.88. The van der Waals surface area contributed by atoms with E-state index in [0.717, 1.165) is 0 Å². The SMILES string of the molecule is NC(N)=NCCC(NC(=O)C(F)(F)F)C(=O)O. The molecular formula is C7H11F3N4O3. The zero-order valence-electron chi connectivity index (χ0n) is 8.49. The number of alkyl halides is 3. The summed E-state index contributed by atoms with van der Waals surface area (Å²) < 4.78 is 35.6. The predicted molar refractivity (Wildman–Crippen MR) is 50.9 cm³/mol. The third-order valence-electron chi connectivity index (χ3n) is 1.57. The summed E-state index contributed by atoms with van der Waals surface area (Å²) in [6.45, 7) is -0.211. The van der Waals surface area contributed by atoms with Gasteiger partial charge in [-0.15, -0.1) is 0 Å². The van der Waals surface area contributed by atoms with E-state index in [2.05, 4.69) is 4.99 Å². The number of carboxylic acid groups (broad SMARTS) is 1. The van der Waals surface area contributed by atoms with Crippen LogP contribution >= 0.6 is 0 Å². The summed E-state index contributed by atoms with van der Waals surface area (Å²) in [5.74, 6) is -4.25. The van der Waals surface area contributed by atoms with Gasteiger partial charge in [-0.05, 0) is 6.42 Å².